The fourth-order valence-corrected chi connectivity index (χ4v) is 2.35. The second-order valence-electron chi connectivity index (χ2n) is 6.12. The van der Waals surface area contributed by atoms with Crippen molar-refractivity contribution in [2.45, 2.75) is 40.2 Å². The molecule has 0 radical (unpaired) electrons. The monoisotopic (exact) mass is 324 g/mol. The zero-order valence-electron chi connectivity index (χ0n) is 15.4. The third-order valence-corrected chi connectivity index (χ3v) is 3.84. The highest BCUT2D eigenvalue weighted by Gasteiger charge is 2.27. The van der Waals surface area contributed by atoms with E-state index >= 15 is 0 Å². The number of likely N-dealkylation sites (N-methyl/N-ethyl adjacent to an activating group) is 1. The maximum absolute atomic E-state index is 10.7. The van der Waals surface area contributed by atoms with E-state index in [1.54, 1.807) is 6.92 Å². The highest BCUT2D eigenvalue weighted by molar-refractivity contribution is 5.79. The van der Waals surface area contributed by atoms with Crippen molar-refractivity contribution >= 4 is 5.96 Å². The zero-order valence-corrected chi connectivity index (χ0v) is 15.4. The highest BCUT2D eigenvalue weighted by atomic mass is 16.3. The van der Waals surface area contributed by atoms with E-state index in [0.717, 1.165) is 49.2 Å². The van der Waals surface area contributed by atoms with Crippen LogP contribution in [-0.2, 0) is 5.60 Å². The van der Waals surface area contributed by atoms with Gasteiger partial charge in [0.15, 0.2) is 5.96 Å². The molecule has 6 nitrogen and oxygen atoms in total. The molecule has 6 heteroatoms. The van der Waals surface area contributed by atoms with Crippen LogP contribution in [0.2, 0.25) is 0 Å². The summed E-state index contributed by atoms with van der Waals surface area (Å²) in [6, 6.07) is 1.88. The Bertz CT molecular complexity index is 509. The first-order chi connectivity index (χ1) is 10.8. The van der Waals surface area contributed by atoms with Crippen molar-refractivity contribution in [3.05, 3.63) is 23.2 Å². The van der Waals surface area contributed by atoms with Crippen molar-refractivity contribution in [1.82, 2.24) is 15.5 Å². The third kappa shape index (κ3) is 6.23. The first-order valence-electron chi connectivity index (χ1n) is 8.30. The van der Waals surface area contributed by atoms with Crippen LogP contribution in [0.25, 0.3) is 0 Å². The van der Waals surface area contributed by atoms with Crippen molar-refractivity contribution in [3.63, 3.8) is 0 Å². The summed E-state index contributed by atoms with van der Waals surface area (Å²) in [5.74, 6) is 2.26. The van der Waals surface area contributed by atoms with Crippen LogP contribution in [0.4, 0.5) is 0 Å². The molecule has 1 heterocycles. The Labute approximate surface area is 140 Å². The van der Waals surface area contributed by atoms with Crippen LogP contribution in [0, 0.1) is 13.8 Å². The molecular formula is C17H32N4O2. The predicted molar refractivity (Wildman–Crippen MR) is 94.9 cm³/mol. The zero-order chi connectivity index (χ0) is 17.5. The number of hydrogen-bond donors (Lipinski definition) is 3. The molecule has 0 saturated heterocycles. The van der Waals surface area contributed by atoms with Gasteiger partial charge in [-0.1, -0.05) is 6.92 Å². The van der Waals surface area contributed by atoms with Crippen molar-refractivity contribution in [1.29, 1.82) is 0 Å². The standard InChI is InChI=1S/C17H32N4O2/c1-7-18-16(19-9-10-21(6)8-2)20-12-17(5,22)15-11-13(3)23-14(15)4/h11,22H,7-10,12H2,1-6H3,(H2,18,19,20). The van der Waals surface area contributed by atoms with Crippen LogP contribution in [0.3, 0.4) is 0 Å². The van der Waals surface area contributed by atoms with E-state index in [2.05, 4.69) is 34.5 Å². The number of nitrogens with zero attached hydrogens (tertiary/aromatic N) is 2. The van der Waals surface area contributed by atoms with Gasteiger partial charge in [0.1, 0.15) is 17.1 Å². The number of rotatable bonds is 8. The van der Waals surface area contributed by atoms with Gasteiger partial charge in [0.2, 0.25) is 0 Å². The largest absolute Gasteiger partial charge is 0.466 e. The van der Waals surface area contributed by atoms with Crippen LogP contribution in [-0.4, -0.2) is 55.7 Å². The first kappa shape index (κ1) is 19.5. The van der Waals surface area contributed by atoms with E-state index in [-0.39, 0.29) is 6.54 Å². The van der Waals surface area contributed by atoms with Gasteiger partial charge in [-0.25, -0.2) is 4.99 Å². The van der Waals surface area contributed by atoms with Gasteiger partial charge >= 0.3 is 0 Å². The highest BCUT2D eigenvalue weighted by Crippen LogP contribution is 2.27. The number of aliphatic hydroxyl groups is 1. The van der Waals surface area contributed by atoms with Crippen LogP contribution in [0.5, 0.6) is 0 Å². The van der Waals surface area contributed by atoms with Gasteiger partial charge in [-0.3, -0.25) is 0 Å². The summed E-state index contributed by atoms with van der Waals surface area (Å²) in [6.07, 6.45) is 0. The molecule has 0 saturated carbocycles. The van der Waals surface area contributed by atoms with Crippen molar-refractivity contribution in [2.75, 3.05) is 39.8 Å². The molecule has 0 spiro atoms. The Balaban J connectivity index is 2.69. The molecule has 1 aromatic heterocycles. The van der Waals surface area contributed by atoms with Gasteiger partial charge in [0.05, 0.1) is 6.54 Å². The molecule has 1 atom stereocenters. The van der Waals surface area contributed by atoms with E-state index in [9.17, 15) is 5.11 Å². The molecule has 3 N–H and O–H groups in total. The SMILES string of the molecule is CCNC(=NCC(C)(O)c1cc(C)oc1C)NCCN(C)CC. The van der Waals surface area contributed by atoms with Crippen LogP contribution in [0.1, 0.15) is 37.9 Å². The van der Waals surface area contributed by atoms with Crippen molar-refractivity contribution < 1.29 is 9.52 Å². The van der Waals surface area contributed by atoms with E-state index in [4.69, 9.17) is 4.42 Å². The minimum atomic E-state index is -1.05. The molecule has 0 aliphatic heterocycles. The van der Waals surface area contributed by atoms with Gasteiger partial charge < -0.3 is 25.1 Å². The summed E-state index contributed by atoms with van der Waals surface area (Å²) in [7, 11) is 2.08. The van der Waals surface area contributed by atoms with Crippen LogP contribution in [0.15, 0.2) is 15.5 Å². The third-order valence-electron chi connectivity index (χ3n) is 3.84. The van der Waals surface area contributed by atoms with Gasteiger partial charge in [-0.15, -0.1) is 0 Å². The minimum absolute atomic E-state index is 0.270. The number of hydrogen-bond acceptors (Lipinski definition) is 4. The first-order valence-corrected chi connectivity index (χ1v) is 8.30. The Kier molecular flexibility index (Phi) is 7.58. The lowest BCUT2D eigenvalue weighted by Crippen LogP contribution is -2.42. The molecule has 0 aliphatic carbocycles. The molecule has 1 aromatic rings. The molecule has 1 rings (SSSR count). The fourth-order valence-electron chi connectivity index (χ4n) is 2.35. The van der Waals surface area contributed by atoms with Gasteiger partial charge in [-0.05, 0) is 47.4 Å². The topological polar surface area (TPSA) is 73.0 Å². The molecule has 0 aliphatic rings. The smallest absolute Gasteiger partial charge is 0.191 e. The lowest BCUT2D eigenvalue weighted by Gasteiger charge is -2.22. The van der Waals surface area contributed by atoms with Crippen LogP contribution < -0.4 is 10.6 Å². The fraction of sp³-hybridized carbons (Fsp3) is 0.706. The maximum atomic E-state index is 10.7. The number of aryl methyl sites for hydroxylation is 2. The van der Waals surface area contributed by atoms with Gasteiger partial charge in [0, 0.05) is 25.2 Å². The van der Waals surface area contributed by atoms with E-state index in [0.29, 0.717) is 0 Å². The molecule has 23 heavy (non-hydrogen) atoms. The summed E-state index contributed by atoms with van der Waals surface area (Å²) < 4.78 is 5.51. The lowest BCUT2D eigenvalue weighted by molar-refractivity contribution is 0.0657. The van der Waals surface area contributed by atoms with Crippen molar-refractivity contribution in [2.24, 2.45) is 4.99 Å². The second-order valence-corrected chi connectivity index (χ2v) is 6.12. The quantitative estimate of drug-likeness (QED) is 0.500. The Morgan fingerprint density at radius 1 is 1.35 bits per heavy atom. The number of nitrogens with one attached hydrogen (secondary N) is 2. The molecule has 0 amide bonds. The molecule has 0 bridgehead atoms. The van der Waals surface area contributed by atoms with Crippen LogP contribution >= 0.6 is 0 Å². The van der Waals surface area contributed by atoms with E-state index in [1.807, 2.05) is 26.8 Å². The van der Waals surface area contributed by atoms with Gasteiger partial charge in [0.25, 0.3) is 0 Å². The number of aliphatic imine (C=N–C) groups is 1. The average Bonchev–Trinajstić information content (AvgIpc) is 2.84. The lowest BCUT2D eigenvalue weighted by atomic mass is 9.96. The van der Waals surface area contributed by atoms with Crippen molar-refractivity contribution in [3.8, 4) is 0 Å². The normalized spacial score (nSPS) is 14.9. The number of furan rings is 1. The summed E-state index contributed by atoms with van der Waals surface area (Å²) in [4.78, 5) is 6.75. The molecule has 1 unspecified atom stereocenters. The Morgan fingerprint density at radius 2 is 2.04 bits per heavy atom. The summed E-state index contributed by atoms with van der Waals surface area (Å²) in [5.41, 5.74) is -0.259. The van der Waals surface area contributed by atoms with E-state index < -0.39 is 5.60 Å². The summed E-state index contributed by atoms with van der Waals surface area (Å²) >= 11 is 0. The summed E-state index contributed by atoms with van der Waals surface area (Å²) in [6.45, 7) is 13.5. The molecule has 0 fully saturated rings. The molecule has 132 valence electrons. The second kappa shape index (κ2) is 8.93. The Morgan fingerprint density at radius 3 is 2.57 bits per heavy atom. The van der Waals surface area contributed by atoms with Gasteiger partial charge in [-0.2, -0.15) is 0 Å². The summed E-state index contributed by atoms with van der Waals surface area (Å²) in [5, 5.41) is 17.2. The maximum Gasteiger partial charge on any atom is 0.191 e. The average molecular weight is 324 g/mol. The van der Waals surface area contributed by atoms with E-state index in [1.165, 1.54) is 0 Å². The predicted octanol–water partition coefficient (Wildman–Crippen LogP) is 1.61. The minimum Gasteiger partial charge on any atom is -0.466 e. The Hall–Kier alpha value is -1.53. The molecular weight excluding hydrogens is 292 g/mol. The number of guanidine groups is 1. The molecule has 0 aromatic carbocycles.